The van der Waals surface area contributed by atoms with Gasteiger partial charge in [0, 0.05) is 22.2 Å². The number of alkyl halides is 3. The van der Waals surface area contributed by atoms with Crippen LogP contribution in [0, 0.1) is 6.92 Å². The molecular weight excluding hydrogens is 475 g/mol. The first-order valence-corrected chi connectivity index (χ1v) is 11.2. The number of ether oxygens (including phenoxy) is 1. The molecule has 0 aliphatic carbocycles. The third kappa shape index (κ3) is 5.00. The normalized spacial score (nSPS) is 11.7. The largest absolute Gasteiger partial charge is 0.489 e. The summed E-state index contributed by atoms with van der Waals surface area (Å²) in [6.45, 7) is 2.41. The predicted octanol–water partition coefficient (Wildman–Crippen LogP) is 7.62. The molecule has 176 valence electrons. The molecule has 4 nitrogen and oxygen atoms in total. The van der Waals surface area contributed by atoms with Crippen molar-refractivity contribution >= 4 is 17.2 Å². The Morgan fingerprint density at radius 2 is 1.46 bits per heavy atom. The lowest BCUT2D eigenvalue weighted by Gasteiger charge is -2.11. The van der Waals surface area contributed by atoms with Crippen molar-refractivity contribution in [2.45, 2.75) is 19.7 Å². The monoisotopic (exact) mass is 493 g/mol. The number of benzene rings is 3. The molecule has 0 bridgehead atoms. The molecule has 0 atom stereocenters. The third-order valence-corrected chi connectivity index (χ3v) is 5.79. The SMILES string of the molecule is Cc1ccc(COc2ccc(-c3cc(C(F)(F)F)n4nc(-c5ccc(Cl)cc5)cc4n3)cc2)cc1. The molecule has 5 rings (SSSR count). The summed E-state index contributed by atoms with van der Waals surface area (Å²) < 4.78 is 48.3. The molecule has 0 N–H and O–H groups in total. The smallest absolute Gasteiger partial charge is 0.433 e. The molecule has 2 heterocycles. The molecule has 0 fully saturated rings. The zero-order valence-corrected chi connectivity index (χ0v) is 19.3. The van der Waals surface area contributed by atoms with E-state index in [0.29, 0.717) is 34.2 Å². The topological polar surface area (TPSA) is 39.4 Å². The number of halogens is 4. The number of aryl methyl sites for hydroxylation is 1. The summed E-state index contributed by atoms with van der Waals surface area (Å²) in [7, 11) is 0. The van der Waals surface area contributed by atoms with Crippen LogP contribution < -0.4 is 4.74 Å². The molecule has 8 heteroatoms. The first-order chi connectivity index (χ1) is 16.8. The average molecular weight is 494 g/mol. The van der Waals surface area contributed by atoms with Crippen molar-refractivity contribution in [1.82, 2.24) is 14.6 Å². The maximum Gasteiger partial charge on any atom is 0.433 e. The number of rotatable bonds is 5. The summed E-state index contributed by atoms with van der Waals surface area (Å²) in [5.74, 6) is 0.612. The number of hydrogen-bond donors (Lipinski definition) is 0. The van der Waals surface area contributed by atoms with E-state index in [1.807, 2.05) is 31.2 Å². The van der Waals surface area contributed by atoms with Gasteiger partial charge in [-0.05, 0) is 55.0 Å². The summed E-state index contributed by atoms with van der Waals surface area (Å²) in [5, 5.41) is 4.69. The molecule has 0 radical (unpaired) electrons. The van der Waals surface area contributed by atoms with Crippen LogP contribution in [-0.2, 0) is 12.8 Å². The predicted molar refractivity (Wildman–Crippen MR) is 129 cm³/mol. The average Bonchev–Trinajstić information content (AvgIpc) is 3.27. The van der Waals surface area contributed by atoms with Crippen molar-refractivity contribution in [3.8, 4) is 28.3 Å². The second-order valence-corrected chi connectivity index (χ2v) is 8.57. The van der Waals surface area contributed by atoms with E-state index in [-0.39, 0.29) is 11.3 Å². The van der Waals surface area contributed by atoms with Crippen molar-refractivity contribution in [2.75, 3.05) is 0 Å². The van der Waals surface area contributed by atoms with Gasteiger partial charge in [0.15, 0.2) is 11.3 Å². The number of aromatic nitrogens is 3. The van der Waals surface area contributed by atoms with Gasteiger partial charge in [0.05, 0.1) is 11.4 Å². The molecule has 0 saturated heterocycles. The van der Waals surface area contributed by atoms with Crippen LogP contribution in [0.25, 0.3) is 28.2 Å². The van der Waals surface area contributed by atoms with Gasteiger partial charge in [-0.25, -0.2) is 9.50 Å². The van der Waals surface area contributed by atoms with E-state index in [4.69, 9.17) is 16.3 Å². The number of nitrogens with zero attached hydrogens (tertiary/aromatic N) is 3. The second-order valence-electron chi connectivity index (χ2n) is 8.13. The molecule has 5 aromatic rings. The van der Waals surface area contributed by atoms with Crippen molar-refractivity contribution in [3.63, 3.8) is 0 Å². The number of fused-ring (bicyclic) bond motifs is 1. The fraction of sp³-hybridized carbons (Fsp3) is 0.111. The minimum Gasteiger partial charge on any atom is -0.489 e. The highest BCUT2D eigenvalue weighted by molar-refractivity contribution is 6.30. The van der Waals surface area contributed by atoms with Crippen LogP contribution in [0.4, 0.5) is 13.2 Å². The Kier molecular flexibility index (Phi) is 5.94. The van der Waals surface area contributed by atoms with Crippen LogP contribution in [0.1, 0.15) is 16.8 Å². The molecule has 0 spiro atoms. The highest BCUT2D eigenvalue weighted by atomic mass is 35.5. The molecule has 35 heavy (non-hydrogen) atoms. The van der Waals surface area contributed by atoms with Crippen molar-refractivity contribution < 1.29 is 17.9 Å². The molecule has 0 aliphatic heterocycles. The van der Waals surface area contributed by atoms with Gasteiger partial charge in [-0.3, -0.25) is 0 Å². The lowest BCUT2D eigenvalue weighted by molar-refractivity contribution is -0.142. The van der Waals surface area contributed by atoms with E-state index in [9.17, 15) is 13.2 Å². The highest BCUT2D eigenvalue weighted by Gasteiger charge is 2.35. The van der Waals surface area contributed by atoms with E-state index < -0.39 is 11.9 Å². The summed E-state index contributed by atoms with van der Waals surface area (Å²) in [6.07, 6.45) is -4.61. The van der Waals surface area contributed by atoms with E-state index in [1.165, 1.54) is 11.6 Å². The highest BCUT2D eigenvalue weighted by Crippen LogP contribution is 2.34. The van der Waals surface area contributed by atoms with Gasteiger partial charge < -0.3 is 4.74 Å². The summed E-state index contributed by atoms with van der Waals surface area (Å²) in [4.78, 5) is 4.45. The Hall–Kier alpha value is -3.84. The first kappa shape index (κ1) is 22.9. The van der Waals surface area contributed by atoms with E-state index >= 15 is 0 Å². The van der Waals surface area contributed by atoms with Crippen LogP contribution in [-0.4, -0.2) is 14.6 Å². The molecule has 2 aromatic heterocycles. The standard InChI is InChI=1S/C27H19ClF3N3O/c1-17-2-4-18(5-3-17)16-35-22-12-8-19(9-13-22)23-14-25(27(29,30)31)34-26(32-23)15-24(33-34)20-6-10-21(28)11-7-20/h2-15H,16H2,1H3. The molecule has 3 aromatic carbocycles. The lowest BCUT2D eigenvalue weighted by atomic mass is 10.1. The first-order valence-electron chi connectivity index (χ1n) is 10.8. The van der Waals surface area contributed by atoms with Gasteiger partial charge in [-0.15, -0.1) is 0 Å². The van der Waals surface area contributed by atoms with Crippen LogP contribution in [0.2, 0.25) is 5.02 Å². The Balaban J connectivity index is 1.46. The maximum atomic E-state index is 13.9. The van der Waals surface area contributed by atoms with Crippen LogP contribution >= 0.6 is 11.6 Å². The van der Waals surface area contributed by atoms with Gasteiger partial charge in [0.2, 0.25) is 0 Å². The summed E-state index contributed by atoms with van der Waals surface area (Å²) >= 11 is 5.92. The van der Waals surface area contributed by atoms with Crippen molar-refractivity contribution in [1.29, 1.82) is 0 Å². The van der Waals surface area contributed by atoms with Crippen LogP contribution in [0.3, 0.4) is 0 Å². The van der Waals surface area contributed by atoms with Crippen molar-refractivity contribution in [3.05, 3.63) is 107 Å². The lowest BCUT2D eigenvalue weighted by Crippen LogP contribution is -2.13. The zero-order valence-electron chi connectivity index (χ0n) is 18.6. The van der Waals surface area contributed by atoms with Gasteiger partial charge in [0.25, 0.3) is 0 Å². The zero-order chi connectivity index (χ0) is 24.6. The molecule has 0 aliphatic rings. The fourth-order valence-corrected chi connectivity index (χ4v) is 3.78. The minimum atomic E-state index is -4.61. The Bertz CT molecular complexity index is 1480. The second kappa shape index (κ2) is 9.07. The van der Waals surface area contributed by atoms with E-state index in [2.05, 4.69) is 10.1 Å². The van der Waals surface area contributed by atoms with E-state index in [1.54, 1.807) is 48.5 Å². The van der Waals surface area contributed by atoms with Crippen LogP contribution in [0.15, 0.2) is 84.9 Å². The Morgan fingerprint density at radius 3 is 2.11 bits per heavy atom. The van der Waals surface area contributed by atoms with Crippen molar-refractivity contribution in [2.24, 2.45) is 0 Å². The quantitative estimate of drug-likeness (QED) is 0.253. The minimum absolute atomic E-state index is 0.0967. The fourth-order valence-electron chi connectivity index (χ4n) is 3.66. The number of hydrogen-bond acceptors (Lipinski definition) is 3. The Morgan fingerprint density at radius 1 is 0.829 bits per heavy atom. The molecule has 0 saturated carbocycles. The summed E-state index contributed by atoms with van der Waals surface area (Å²) in [5.41, 5.74) is 3.13. The van der Waals surface area contributed by atoms with Gasteiger partial charge in [0.1, 0.15) is 12.4 Å². The summed E-state index contributed by atoms with van der Waals surface area (Å²) in [6, 6.07) is 24.1. The van der Waals surface area contributed by atoms with Crippen LogP contribution in [0.5, 0.6) is 5.75 Å². The van der Waals surface area contributed by atoms with Gasteiger partial charge >= 0.3 is 6.18 Å². The molecule has 0 unspecified atom stereocenters. The maximum absolute atomic E-state index is 13.9. The van der Waals surface area contributed by atoms with Gasteiger partial charge in [-0.1, -0.05) is 53.6 Å². The molecular formula is C27H19ClF3N3O. The van der Waals surface area contributed by atoms with E-state index in [0.717, 1.165) is 16.1 Å². The van der Waals surface area contributed by atoms with Gasteiger partial charge in [-0.2, -0.15) is 18.3 Å². The Labute approximate surface area is 204 Å². The molecule has 0 amide bonds. The third-order valence-electron chi connectivity index (χ3n) is 5.53.